The number of hydrogen-bond acceptors (Lipinski definition) is 6. The Kier molecular flexibility index (Phi) is 4.84. The zero-order valence-electron chi connectivity index (χ0n) is 9.75. The molecule has 1 N–H and O–H groups in total. The van der Waals surface area contributed by atoms with Crippen LogP contribution in [0.4, 0.5) is 5.13 Å². The van der Waals surface area contributed by atoms with E-state index in [0.717, 1.165) is 11.4 Å². The van der Waals surface area contributed by atoms with E-state index in [4.69, 9.17) is 10.4 Å². The Balaban J connectivity index is 2.78. The maximum atomic E-state index is 10.8. The molecular formula is C10H14N4O2S. The fourth-order valence-electron chi connectivity index (χ4n) is 1.22. The Bertz CT molecular complexity index is 426. The topological polar surface area (TPSA) is 90.1 Å². The van der Waals surface area contributed by atoms with Crippen LogP contribution >= 0.6 is 11.3 Å². The number of hydrogen-bond donors (Lipinski definition) is 1. The average molecular weight is 254 g/mol. The van der Waals surface area contributed by atoms with Crippen molar-refractivity contribution in [2.75, 3.05) is 18.0 Å². The first kappa shape index (κ1) is 13.4. The average Bonchev–Trinajstić information content (AvgIpc) is 2.76. The molecule has 0 aliphatic rings. The molecule has 0 aliphatic carbocycles. The molecule has 1 aromatic heterocycles. The van der Waals surface area contributed by atoms with Crippen molar-refractivity contribution in [2.45, 2.75) is 20.3 Å². The lowest BCUT2D eigenvalue weighted by molar-refractivity contribution is -0.140. The van der Waals surface area contributed by atoms with Gasteiger partial charge in [-0.3, -0.25) is 4.79 Å². The zero-order chi connectivity index (χ0) is 12.8. The molecule has 0 saturated heterocycles. The number of rotatable bonds is 6. The number of aliphatic carboxylic acids is 1. The van der Waals surface area contributed by atoms with Gasteiger partial charge in [0.25, 0.3) is 0 Å². The molecule has 0 fully saturated rings. The molecule has 1 heterocycles. The molecule has 0 amide bonds. The van der Waals surface area contributed by atoms with Crippen LogP contribution in [0.25, 0.3) is 0 Å². The van der Waals surface area contributed by atoms with Gasteiger partial charge in [-0.1, -0.05) is 25.2 Å². The molecule has 1 atom stereocenters. The third kappa shape index (κ3) is 3.67. The molecule has 1 aromatic rings. The van der Waals surface area contributed by atoms with Crippen molar-refractivity contribution in [3.63, 3.8) is 0 Å². The van der Waals surface area contributed by atoms with Gasteiger partial charge in [0.15, 0.2) is 0 Å². The van der Waals surface area contributed by atoms with E-state index in [9.17, 15) is 4.79 Å². The van der Waals surface area contributed by atoms with Gasteiger partial charge in [-0.25, -0.2) is 0 Å². The van der Waals surface area contributed by atoms with Crippen molar-refractivity contribution in [1.29, 1.82) is 5.26 Å². The first-order valence-electron chi connectivity index (χ1n) is 5.25. The SMILES string of the molecule is CCc1nnc(N(CC#N)CC(C)C(=O)O)s1. The quantitative estimate of drug-likeness (QED) is 0.766. The van der Waals surface area contributed by atoms with Gasteiger partial charge in [-0.2, -0.15) is 5.26 Å². The highest BCUT2D eigenvalue weighted by atomic mass is 32.1. The van der Waals surface area contributed by atoms with Gasteiger partial charge in [-0.05, 0) is 6.42 Å². The van der Waals surface area contributed by atoms with Crippen LogP contribution in [0.2, 0.25) is 0 Å². The zero-order valence-corrected chi connectivity index (χ0v) is 10.6. The first-order valence-corrected chi connectivity index (χ1v) is 6.07. The first-order chi connectivity index (χ1) is 8.08. The summed E-state index contributed by atoms with van der Waals surface area (Å²) >= 11 is 1.39. The van der Waals surface area contributed by atoms with Crippen LogP contribution in [-0.2, 0) is 11.2 Å². The van der Waals surface area contributed by atoms with E-state index >= 15 is 0 Å². The summed E-state index contributed by atoms with van der Waals surface area (Å²) in [5.41, 5.74) is 0. The number of carboxylic acids is 1. The molecule has 0 bridgehead atoms. The highest BCUT2D eigenvalue weighted by Gasteiger charge is 2.19. The summed E-state index contributed by atoms with van der Waals surface area (Å²) in [6, 6.07) is 2.01. The molecular weight excluding hydrogens is 240 g/mol. The minimum atomic E-state index is -0.881. The Hall–Kier alpha value is -1.68. The molecule has 17 heavy (non-hydrogen) atoms. The third-order valence-corrected chi connectivity index (χ3v) is 3.33. The van der Waals surface area contributed by atoms with E-state index in [-0.39, 0.29) is 13.1 Å². The van der Waals surface area contributed by atoms with E-state index in [1.54, 1.807) is 11.8 Å². The molecule has 92 valence electrons. The third-order valence-electron chi connectivity index (χ3n) is 2.21. The molecule has 0 radical (unpaired) electrons. The summed E-state index contributed by atoms with van der Waals surface area (Å²) in [5, 5.41) is 27.0. The van der Waals surface area contributed by atoms with Crippen molar-refractivity contribution in [2.24, 2.45) is 5.92 Å². The fraction of sp³-hybridized carbons (Fsp3) is 0.600. The van der Waals surface area contributed by atoms with E-state index in [1.165, 1.54) is 11.3 Å². The summed E-state index contributed by atoms with van der Waals surface area (Å²) in [6.45, 7) is 3.96. The summed E-state index contributed by atoms with van der Waals surface area (Å²) in [6.07, 6.45) is 0.784. The second-order valence-electron chi connectivity index (χ2n) is 3.61. The van der Waals surface area contributed by atoms with Gasteiger partial charge in [0.05, 0.1) is 12.0 Å². The summed E-state index contributed by atoms with van der Waals surface area (Å²) < 4.78 is 0. The van der Waals surface area contributed by atoms with Gasteiger partial charge in [0.2, 0.25) is 5.13 Å². The molecule has 0 aromatic carbocycles. The van der Waals surface area contributed by atoms with Crippen molar-refractivity contribution < 1.29 is 9.90 Å². The smallest absolute Gasteiger partial charge is 0.308 e. The molecule has 6 nitrogen and oxygen atoms in total. The van der Waals surface area contributed by atoms with Crippen molar-refractivity contribution in [3.05, 3.63) is 5.01 Å². The van der Waals surface area contributed by atoms with Gasteiger partial charge >= 0.3 is 5.97 Å². The van der Waals surface area contributed by atoms with Gasteiger partial charge in [0.1, 0.15) is 11.6 Å². The van der Waals surface area contributed by atoms with Crippen LogP contribution in [0, 0.1) is 17.2 Å². The van der Waals surface area contributed by atoms with E-state index in [0.29, 0.717) is 5.13 Å². The maximum Gasteiger partial charge on any atom is 0.308 e. The van der Waals surface area contributed by atoms with Crippen molar-refractivity contribution in [1.82, 2.24) is 10.2 Å². The minimum absolute atomic E-state index is 0.121. The summed E-state index contributed by atoms with van der Waals surface area (Å²) in [4.78, 5) is 12.4. The van der Waals surface area contributed by atoms with Crippen LogP contribution in [0.5, 0.6) is 0 Å². The molecule has 1 rings (SSSR count). The fourth-order valence-corrected chi connectivity index (χ4v) is 2.01. The largest absolute Gasteiger partial charge is 0.481 e. The molecule has 0 spiro atoms. The highest BCUT2D eigenvalue weighted by Crippen LogP contribution is 2.21. The van der Waals surface area contributed by atoms with Gasteiger partial charge in [0, 0.05) is 6.54 Å². The normalized spacial score (nSPS) is 11.8. The monoisotopic (exact) mass is 254 g/mol. The second-order valence-corrected chi connectivity index (χ2v) is 4.65. The molecule has 1 unspecified atom stereocenters. The Morgan fingerprint density at radius 2 is 2.35 bits per heavy atom. The second kappa shape index (κ2) is 6.15. The number of carboxylic acid groups (broad SMARTS) is 1. The van der Waals surface area contributed by atoms with Crippen LogP contribution < -0.4 is 4.90 Å². The van der Waals surface area contributed by atoms with E-state index in [1.807, 2.05) is 13.0 Å². The Morgan fingerprint density at radius 1 is 1.65 bits per heavy atom. The molecule has 7 heteroatoms. The van der Waals surface area contributed by atoms with Crippen LogP contribution in [0.15, 0.2) is 0 Å². The highest BCUT2D eigenvalue weighted by molar-refractivity contribution is 7.15. The lowest BCUT2D eigenvalue weighted by atomic mass is 10.2. The minimum Gasteiger partial charge on any atom is -0.481 e. The van der Waals surface area contributed by atoms with Gasteiger partial charge < -0.3 is 10.0 Å². The standard InChI is InChI=1S/C10H14N4O2S/c1-3-8-12-13-10(17-8)14(5-4-11)6-7(2)9(15)16/h7H,3,5-6H2,1-2H3,(H,15,16). The number of nitriles is 1. The number of carbonyl (C=O) groups is 1. The van der Waals surface area contributed by atoms with Crippen LogP contribution in [0.1, 0.15) is 18.9 Å². The Labute approximate surface area is 104 Å². The lowest BCUT2D eigenvalue weighted by Gasteiger charge is -2.19. The predicted molar refractivity (Wildman–Crippen MR) is 63.9 cm³/mol. The van der Waals surface area contributed by atoms with E-state index < -0.39 is 11.9 Å². The number of anilines is 1. The van der Waals surface area contributed by atoms with Crippen LogP contribution in [0.3, 0.4) is 0 Å². The predicted octanol–water partition coefficient (Wildman–Crippen LogP) is 1.15. The van der Waals surface area contributed by atoms with Crippen molar-refractivity contribution in [3.8, 4) is 6.07 Å². The van der Waals surface area contributed by atoms with E-state index in [2.05, 4.69) is 10.2 Å². The maximum absolute atomic E-state index is 10.8. The summed E-state index contributed by atoms with van der Waals surface area (Å²) in [5.74, 6) is -1.43. The van der Waals surface area contributed by atoms with Crippen LogP contribution in [-0.4, -0.2) is 34.4 Å². The van der Waals surface area contributed by atoms with Gasteiger partial charge in [-0.15, -0.1) is 10.2 Å². The molecule has 0 saturated carbocycles. The number of nitrogens with zero attached hydrogens (tertiary/aromatic N) is 4. The number of aromatic nitrogens is 2. The van der Waals surface area contributed by atoms with Crippen molar-refractivity contribution >= 4 is 22.4 Å². The lowest BCUT2D eigenvalue weighted by Crippen LogP contribution is -2.32. The Morgan fingerprint density at radius 3 is 2.82 bits per heavy atom. The number of aryl methyl sites for hydroxylation is 1. The molecule has 0 aliphatic heterocycles. The summed E-state index contributed by atoms with van der Waals surface area (Å²) in [7, 11) is 0.